The molecule has 0 aromatic heterocycles. The highest BCUT2D eigenvalue weighted by atomic mass is 16.5. The molecule has 0 spiro atoms. The molecule has 0 radical (unpaired) electrons. The standard InChI is InChI=1S/C23H28N4O3/c1-26-12-14-27(15-13-26)21-5-3-2-4-19(21)16-25-23(29)11-8-18-6-9-20(10-7-18)30-17-22(24)28/h2-11H,12-17H2,1H3,(H2,24,28)(H,25,29)/b11-8+. The van der Waals surface area contributed by atoms with Crippen LogP contribution in [0.4, 0.5) is 5.69 Å². The smallest absolute Gasteiger partial charge is 0.255 e. The highest BCUT2D eigenvalue weighted by Gasteiger charge is 2.16. The van der Waals surface area contributed by atoms with Crippen LogP contribution in [0.25, 0.3) is 6.08 Å². The summed E-state index contributed by atoms with van der Waals surface area (Å²) < 4.78 is 5.22. The van der Waals surface area contributed by atoms with E-state index in [1.807, 2.05) is 24.3 Å². The number of primary amides is 1. The molecule has 0 atom stereocenters. The van der Waals surface area contributed by atoms with E-state index in [0.717, 1.165) is 37.3 Å². The lowest BCUT2D eigenvalue weighted by molar-refractivity contribution is -0.120. The second-order valence-corrected chi connectivity index (χ2v) is 7.29. The maximum Gasteiger partial charge on any atom is 0.255 e. The molecule has 3 rings (SSSR count). The highest BCUT2D eigenvalue weighted by molar-refractivity contribution is 5.91. The zero-order chi connectivity index (χ0) is 21.3. The van der Waals surface area contributed by atoms with Crippen molar-refractivity contribution in [3.05, 3.63) is 65.7 Å². The van der Waals surface area contributed by atoms with Gasteiger partial charge in [0.1, 0.15) is 5.75 Å². The number of nitrogens with zero attached hydrogens (tertiary/aromatic N) is 2. The molecule has 158 valence electrons. The normalized spacial score (nSPS) is 14.6. The van der Waals surface area contributed by atoms with Crippen LogP contribution in [0.3, 0.4) is 0 Å². The number of nitrogens with two attached hydrogens (primary N) is 1. The summed E-state index contributed by atoms with van der Waals surface area (Å²) in [5, 5.41) is 2.96. The Bertz CT molecular complexity index is 888. The number of piperazine rings is 1. The van der Waals surface area contributed by atoms with Crippen molar-refractivity contribution in [2.45, 2.75) is 6.54 Å². The average Bonchev–Trinajstić information content (AvgIpc) is 2.76. The molecule has 2 aromatic rings. The Kier molecular flexibility index (Phi) is 7.45. The topological polar surface area (TPSA) is 87.9 Å². The van der Waals surface area contributed by atoms with Gasteiger partial charge < -0.3 is 25.6 Å². The van der Waals surface area contributed by atoms with Gasteiger partial charge >= 0.3 is 0 Å². The van der Waals surface area contributed by atoms with Crippen LogP contribution in [0, 0.1) is 0 Å². The predicted molar refractivity (Wildman–Crippen MR) is 118 cm³/mol. The number of para-hydroxylation sites is 1. The molecule has 30 heavy (non-hydrogen) atoms. The Labute approximate surface area is 177 Å². The Hall–Kier alpha value is -3.32. The molecule has 1 aliphatic heterocycles. The quantitative estimate of drug-likeness (QED) is 0.649. The number of nitrogens with one attached hydrogen (secondary N) is 1. The van der Waals surface area contributed by atoms with Crippen LogP contribution in [0.5, 0.6) is 5.75 Å². The molecule has 0 saturated carbocycles. The van der Waals surface area contributed by atoms with Crippen LogP contribution >= 0.6 is 0 Å². The Morgan fingerprint density at radius 3 is 2.47 bits per heavy atom. The third-order valence-electron chi connectivity index (χ3n) is 4.98. The van der Waals surface area contributed by atoms with E-state index in [2.05, 4.69) is 34.3 Å². The molecule has 1 aliphatic rings. The van der Waals surface area contributed by atoms with Crippen molar-refractivity contribution in [1.82, 2.24) is 10.2 Å². The van der Waals surface area contributed by atoms with Gasteiger partial charge in [-0.15, -0.1) is 0 Å². The van der Waals surface area contributed by atoms with Crippen LogP contribution in [-0.4, -0.2) is 56.5 Å². The van der Waals surface area contributed by atoms with E-state index < -0.39 is 5.91 Å². The van der Waals surface area contributed by atoms with Crippen LogP contribution in [0.15, 0.2) is 54.6 Å². The third-order valence-corrected chi connectivity index (χ3v) is 4.98. The summed E-state index contributed by atoms with van der Waals surface area (Å²) in [7, 11) is 2.14. The second-order valence-electron chi connectivity index (χ2n) is 7.29. The molecule has 1 fully saturated rings. The average molecular weight is 409 g/mol. The van der Waals surface area contributed by atoms with Crippen molar-refractivity contribution >= 4 is 23.6 Å². The van der Waals surface area contributed by atoms with Crippen molar-refractivity contribution in [3.8, 4) is 5.75 Å². The first-order valence-corrected chi connectivity index (χ1v) is 10.00. The summed E-state index contributed by atoms with van der Waals surface area (Å²) in [5.41, 5.74) is 8.20. The van der Waals surface area contributed by atoms with Crippen molar-refractivity contribution in [2.24, 2.45) is 5.73 Å². The molecule has 7 heteroatoms. The van der Waals surface area contributed by atoms with Crippen molar-refractivity contribution in [2.75, 3.05) is 44.7 Å². The number of rotatable bonds is 8. The first kappa shape index (κ1) is 21.4. The Morgan fingerprint density at radius 2 is 1.77 bits per heavy atom. The van der Waals surface area contributed by atoms with E-state index in [1.54, 1.807) is 18.2 Å². The minimum atomic E-state index is -0.523. The molecule has 7 nitrogen and oxygen atoms in total. The minimum absolute atomic E-state index is 0.155. The number of benzene rings is 2. The van der Waals surface area contributed by atoms with Gasteiger partial charge in [0.25, 0.3) is 5.91 Å². The molecular formula is C23H28N4O3. The van der Waals surface area contributed by atoms with Crippen LogP contribution < -0.4 is 20.7 Å². The molecule has 2 amide bonds. The number of carbonyl (C=O) groups excluding carboxylic acids is 2. The summed E-state index contributed by atoms with van der Waals surface area (Å²) in [6.07, 6.45) is 3.25. The van der Waals surface area contributed by atoms with E-state index >= 15 is 0 Å². The van der Waals surface area contributed by atoms with Crippen LogP contribution in [0.1, 0.15) is 11.1 Å². The van der Waals surface area contributed by atoms with Gasteiger partial charge in [0.05, 0.1) is 0 Å². The zero-order valence-corrected chi connectivity index (χ0v) is 17.2. The lowest BCUT2D eigenvalue weighted by atomic mass is 10.1. The van der Waals surface area contributed by atoms with Crippen LogP contribution in [-0.2, 0) is 16.1 Å². The van der Waals surface area contributed by atoms with Gasteiger partial charge in [-0.2, -0.15) is 0 Å². The Balaban J connectivity index is 1.53. The fourth-order valence-electron chi connectivity index (χ4n) is 3.26. The molecule has 0 bridgehead atoms. The van der Waals surface area contributed by atoms with Gasteiger partial charge in [0.15, 0.2) is 6.61 Å². The SMILES string of the molecule is CN1CCN(c2ccccc2CNC(=O)/C=C/c2ccc(OCC(N)=O)cc2)CC1. The van der Waals surface area contributed by atoms with E-state index in [-0.39, 0.29) is 12.5 Å². The number of hydrogen-bond donors (Lipinski definition) is 2. The van der Waals surface area contributed by atoms with Gasteiger partial charge in [0, 0.05) is 44.5 Å². The number of likely N-dealkylation sites (N-methyl/N-ethyl adjacent to an activating group) is 1. The van der Waals surface area contributed by atoms with E-state index in [9.17, 15) is 9.59 Å². The fourth-order valence-corrected chi connectivity index (χ4v) is 3.26. The van der Waals surface area contributed by atoms with E-state index in [1.165, 1.54) is 11.8 Å². The van der Waals surface area contributed by atoms with Crippen molar-refractivity contribution in [3.63, 3.8) is 0 Å². The van der Waals surface area contributed by atoms with Gasteiger partial charge in [0.2, 0.25) is 5.91 Å². The maximum absolute atomic E-state index is 12.3. The van der Waals surface area contributed by atoms with Gasteiger partial charge in [-0.25, -0.2) is 0 Å². The monoisotopic (exact) mass is 408 g/mol. The van der Waals surface area contributed by atoms with Gasteiger partial charge in [-0.1, -0.05) is 30.3 Å². The molecule has 1 saturated heterocycles. The molecular weight excluding hydrogens is 380 g/mol. The first-order chi connectivity index (χ1) is 14.5. The predicted octanol–water partition coefficient (Wildman–Crippen LogP) is 1.63. The number of carbonyl (C=O) groups is 2. The summed E-state index contributed by atoms with van der Waals surface area (Å²) in [4.78, 5) is 27.7. The molecule has 2 aromatic carbocycles. The second kappa shape index (κ2) is 10.5. The van der Waals surface area contributed by atoms with Crippen LogP contribution in [0.2, 0.25) is 0 Å². The number of amides is 2. The fraction of sp³-hybridized carbons (Fsp3) is 0.304. The maximum atomic E-state index is 12.3. The lowest BCUT2D eigenvalue weighted by Crippen LogP contribution is -2.45. The molecule has 0 aliphatic carbocycles. The summed E-state index contributed by atoms with van der Waals surface area (Å²) >= 11 is 0. The third kappa shape index (κ3) is 6.35. The first-order valence-electron chi connectivity index (χ1n) is 10.00. The van der Waals surface area contributed by atoms with Crippen molar-refractivity contribution < 1.29 is 14.3 Å². The molecule has 3 N–H and O–H groups in total. The van der Waals surface area contributed by atoms with E-state index in [0.29, 0.717) is 12.3 Å². The zero-order valence-electron chi connectivity index (χ0n) is 17.2. The number of hydrogen-bond acceptors (Lipinski definition) is 5. The molecule has 0 unspecified atom stereocenters. The van der Waals surface area contributed by atoms with Crippen molar-refractivity contribution in [1.29, 1.82) is 0 Å². The molecule has 1 heterocycles. The van der Waals surface area contributed by atoms with Gasteiger partial charge in [-0.05, 0) is 42.4 Å². The Morgan fingerprint density at radius 1 is 1.07 bits per heavy atom. The number of anilines is 1. The summed E-state index contributed by atoms with van der Waals surface area (Å²) in [6, 6.07) is 15.3. The van der Waals surface area contributed by atoms with Gasteiger partial charge in [-0.3, -0.25) is 9.59 Å². The lowest BCUT2D eigenvalue weighted by Gasteiger charge is -2.35. The summed E-state index contributed by atoms with van der Waals surface area (Å²) in [6.45, 7) is 4.37. The largest absolute Gasteiger partial charge is 0.484 e. The minimum Gasteiger partial charge on any atom is -0.484 e. The highest BCUT2D eigenvalue weighted by Crippen LogP contribution is 2.21. The van der Waals surface area contributed by atoms with E-state index in [4.69, 9.17) is 10.5 Å². The number of ether oxygens (including phenoxy) is 1. The summed E-state index contributed by atoms with van der Waals surface area (Å²) in [5.74, 6) is -0.127.